The molecule has 2 fully saturated rings. The smallest absolute Gasteiger partial charge is 0.407 e. The SMILES string of the molecule is COc1ccc(S(=O)(=O)NC(CC(C)(C)CCCNC(=O)NCC(N)=O)[C@H](O)[C@H](Cc2ccccc2)NC(=O)O[C@H]2CO[C@H]3OCC[C@H]32)cc1. The lowest BCUT2D eigenvalue weighted by Gasteiger charge is -2.36. The van der Waals surface area contributed by atoms with E-state index in [0.29, 0.717) is 31.6 Å². The van der Waals surface area contributed by atoms with Gasteiger partial charge in [-0.2, -0.15) is 0 Å². The standard InChI is InChI=1S/C34H49N5O10S/c1-34(2,15-7-16-36-32(42)37-20-29(35)40)19-27(39-50(44,45)24-12-10-23(46-3)11-13-24)30(41)26(18-22-8-5-4-6-9-22)38-33(43)49-28-21-48-31-25(28)14-17-47-31/h4-6,8-13,25-28,30-31,39,41H,7,14-21H2,1-3H3,(H2,35,40)(H,38,43)(H2,36,37,42)/t25-,26-,27?,28-,30+,31+/m0/s1. The van der Waals surface area contributed by atoms with E-state index in [0.717, 1.165) is 5.56 Å². The molecule has 2 aromatic carbocycles. The van der Waals surface area contributed by atoms with Gasteiger partial charge in [0.1, 0.15) is 11.9 Å². The molecule has 0 aliphatic carbocycles. The Bertz CT molecular complexity index is 1530. The van der Waals surface area contributed by atoms with Crippen LogP contribution in [0.5, 0.6) is 5.75 Å². The summed E-state index contributed by atoms with van der Waals surface area (Å²) in [4.78, 5) is 36.2. The Morgan fingerprint density at radius 3 is 2.44 bits per heavy atom. The number of carbonyl (C=O) groups is 3. The van der Waals surface area contributed by atoms with Gasteiger partial charge in [0.2, 0.25) is 15.9 Å². The molecule has 7 N–H and O–H groups in total. The molecule has 16 heteroatoms. The molecule has 6 atom stereocenters. The van der Waals surface area contributed by atoms with Crippen LogP contribution in [0.3, 0.4) is 0 Å². The van der Waals surface area contributed by atoms with Crippen LogP contribution in [0.4, 0.5) is 9.59 Å². The Labute approximate surface area is 293 Å². The number of aliphatic hydroxyl groups excluding tert-OH is 1. The number of hydrogen-bond acceptors (Lipinski definition) is 10. The van der Waals surface area contributed by atoms with E-state index in [-0.39, 0.29) is 43.4 Å². The molecular formula is C34H49N5O10S. The molecule has 4 amide bonds. The highest BCUT2D eigenvalue weighted by atomic mass is 32.2. The van der Waals surface area contributed by atoms with Crippen LogP contribution in [-0.2, 0) is 35.4 Å². The third-order valence-corrected chi connectivity index (χ3v) is 10.4. The lowest BCUT2D eigenvalue weighted by Crippen LogP contribution is -2.56. The van der Waals surface area contributed by atoms with Crippen molar-refractivity contribution < 1.29 is 46.9 Å². The van der Waals surface area contributed by atoms with E-state index >= 15 is 0 Å². The number of aliphatic hydroxyl groups is 1. The molecule has 0 aromatic heterocycles. The van der Waals surface area contributed by atoms with Crippen LogP contribution in [0.2, 0.25) is 0 Å². The summed E-state index contributed by atoms with van der Waals surface area (Å²) in [6.07, 6.45) is -1.03. The van der Waals surface area contributed by atoms with Crippen molar-refractivity contribution in [2.24, 2.45) is 17.1 Å². The van der Waals surface area contributed by atoms with Gasteiger partial charge in [-0.25, -0.2) is 22.7 Å². The largest absolute Gasteiger partial charge is 0.497 e. The molecule has 2 heterocycles. The molecule has 50 heavy (non-hydrogen) atoms. The summed E-state index contributed by atoms with van der Waals surface area (Å²) >= 11 is 0. The zero-order valence-electron chi connectivity index (χ0n) is 28.6. The number of urea groups is 1. The maximum absolute atomic E-state index is 13.7. The van der Waals surface area contributed by atoms with Gasteiger partial charge >= 0.3 is 12.1 Å². The molecule has 276 valence electrons. The zero-order valence-corrected chi connectivity index (χ0v) is 29.4. The van der Waals surface area contributed by atoms with Crippen molar-refractivity contribution >= 4 is 28.1 Å². The third-order valence-electron chi connectivity index (χ3n) is 8.86. The van der Waals surface area contributed by atoms with E-state index in [2.05, 4.69) is 20.7 Å². The number of amides is 4. The molecule has 15 nitrogen and oxygen atoms in total. The number of sulfonamides is 1. The summed E-state index contributed by atoms with van der Waals surface area (Å²) in [5, 5.41) is 19.9. The van der Waals surface area contributed by atoms with Gasteiger partial charge in [0.05, 0.1) is 55.9 Å². The first kappa shape index (κ1) is 38.8. The number of benzene rings is 2. The van der Waals surface area contributed by atoms with Crippen molar-refractivity contribution in [2.75, 3.05) is 33.4 Å². The van der Waals surface area contributed by atoms with Crippen LogP contribution in [0.1, 0.15) is 45.1 Å². The number of primary amides is 1. The fourth-order valence-corrected chi connectivity index (χ4v) is 7.48. The van der Waals surface area contributed by atoms with Gasteiger partial charge in [0.25, 0.3) is 0 Å². The molecule has 2 aliphatic heterocycles. The quantitative estimate of drug-likeness (QED) is 0.123. The van der Waals surface area contributed by atoms with Gasteiger partial charge in [-0.1, -0.05) is 44.2 Å². The van der Waals surface area contributed by atoms with Crippen molar-refractivity contribution in [3.05, 3.63) is 60.2 Å². The molecule has 0 spiro atoms. The second-order valence-corrected chi connectivity index (χ2v) is 15.1. The van der Waals surface area contributed by atoms with Crippen molar-refractivity contribution in [3.63, 3.8) is 0 Å². The predicted molar refractivity (Wildman–Crippen MR) is 182 cm³/mol. The summed E-state index contributed by atoms with van der Waals surface area (Å²) < 4.78 is 52.2. The van der Waals surface area contributed by atoms with Crippen LogP contribution >= 0.6 is 0 Å². The molecule has 0 bridgehead atoms. The van der Waals surface area contributed by atoms with Gasteiger partial charge in [0.15, 0.2) is 6.29 Å². The summed E-state index contributed by atoms with van der Waals surface area (Å²) in [6, 6.07) is 12.5. The van der Waals surface area contributed by atoms with E-state index < -0.39 is 64.1 Å². The maximum atomic E-state index is 13.7. The van der Waals surface area contributed by atoms with Crippen molar-refractivity contribution in [1.82, 2.24) is 20.7 Å². The van der Waals surface area contributed by atoms with Crippen LogP contribution < -0.4 is 31.1 Å². The summed E-state index contributed by atoms with van der Waals surface area (Å²) in [7, 11) is -2.68. The summed E-state index contributed by atoms with van der Waals surface area (Å²) in [5.74, 6) is -0.278. The minimum Gasteiger partial charge on any atom is -0.497 e. The fourth-order valence-electron chi connectivity index (χ4n) is 6.23. The van der Waals surface area contributed by atoms with Crippen molar-refractivity contribution in [2.45, 2.75) is 81.4 Å². The maximum Gasteiger partial charge on any atom is 0.407 e. The number of nitrogens with two attached hydrogens (primary N) is 1. The minimum absolute atomic E-state index is 0.0268. The van der Waals surface area contributed by atoms with Gasteiger partial charge in [-0.3, -0.25) is 4.79 Å². The number of methoxy groups -OCH3 is 1. The van der Waals surface area contributed by atoms with Crippen LogP contribution in [0.25, 0.3) is 0 Å². The summed E-state index contributed by atoms with van der Waals surface area (Å²) in [5.41, 5.74) is 5.31. The van der Waals surface area contributed by atoms with Crippen LogP contribution in [-0.4, -0.2) is 95.6 Å². The first-order valence-corrected chi connectivity index (χ1v) is 18.1. The highest BCUT2D eigenvalue weighted by molar-refractivity contribution is 7.89. The van der Waals surface area contributed by atoms with Gasteiger partial charge in [0, 0.05) is 6.54 Å². The number of alkyl carbamates (subject to hydrolysis) is 1. The molecule has 1 unspecified atom stereocenters. The Morgan fingerprint density at radius 1 is 1.04 bits per heavy atom. The first-order valence-electron chi connectivity index (χ1n) is 16.6. The van der Waals surface area contributed by atoms with Crippen LogP contribution in [0.15, 0.2) is 59.5 Å². The predicted octanol–water partition coefficient (Wildman–Crippen LogP) is 1.78. The van der Waals surface area contributed by atoms with E-state index in [9.17, 15) is 27.9 Å². The Hall–Kier alpha value is -3.96. The van der Waals surface area contributed by atoms with Crippen LogP contribution in [0, 0.1) is 11.3 Å². The van der Waals surface area contributed by atoms with Gasteiger partial charge < -0.3 is 45.7 Å². The summed E-state index contributed by atoms with van der Waals surface area (Å²) in [6.45, 7) is 4.54. The number of hydrogen-bond donors (Lipinski definition) is 6. The number of ether oxygens (including phenoxy) is 4. The van der Waals surface area contributed by atoms with Crippen molar-refractivity contribution in [3.8, 4) is 5.75 Å². The number of nitrogens with one attached hydrogen (secondary N) is 4. The molecule has 2 saturated heterocycles. The fraction of sp³-hybridized carbons (Fsp3) is 0.559. The number of carbonyl (C=O) groups excluding carboxylic acids is 3. The lowest BCUT2D eigenvalue weighted by atomic mass is 9.79. The second kappa shape index (κ2) is 17.8. The molecule has 0 saturated carbocycles. The Kier molecular flexibility index (Phi) is 13.8. The normalized spacial score (nSPS) is 20.6. The van der Waals surface area contributed by atoms with Gasteiger partial charge in [-0.05, 0) is 67.3 Å². The average Bonchev–Trinajstić information content (AvgIpc) is 3.70. The van der Waals surface area contributed by atoms with E-state index in [1.807, 2.05) is 44.2 Å². The van der Waals surface area contributed by atoms with Gasteiger partial charge in [-0.15, -0.1) is 0 Å². The topological polar surface area (TPSA) is 217 Å². The Balaban J connectivity index is 1.53. The molecular weight excluding hydrogens is 670 g/mol. The molecule has 0 radical (unpaired) electrons. The molecule has 4 rings (SSSR count). The number of fused-ring (bicyclic) bond motifs is 1. The van der Waals surface area contributed by atoms with E-state index in [1.54, 1.807) is 0 Å². The van der Waals surface area contributed by atoms with Crippen molar-refractivity contribution in [1.29, 1.82) is 0 Å². The monoisotopic (exact) mass is 719 g/mol. The lowest BCUT2D eigenvalue weighted by molar-refractivity contribution is -0.117. The number of rotatable bonds is 18. The van der Waals surface area contributed by atoms with E-state index in [1.165, 1.54) is 31.4 Å². The first-order chi connectivity index (χ1) is 23.8. The zero-order chi connectivity index (χ0) is 36.3. The Morgan fingerprint density at radius 2 is 1.76 bits per heavy atom. The average molecular weight is 720 g/mol. The molecule has 2 aromatic rings. The third kappa shape index (κ3) is 11.6. The molecule has 2 aliphatic rings. The highest BCUT2D eigenvalue weighted by Crippen LogP contribution is 2.34. The second-order valence-electron chi connectivity index (χ2n) is 13.4. The van der Waals surface area contributed by atoms with E-state index in [4.69, 9.17) is 24.7 Å². The highest BCUT2D eigenvalue weighted by Gasteiger charge is 2.44. The minimum atomic E-state index is -4.16.